The van der Waals surface area contributed by atoms with Crippen molar-refractivity contribution in [1.29, 1.82) is 0 Å². The van der Waals surface area contributed by atoms with Gasteiger partial charge in [0.15, 0.2) is 11.0 Å². The molecule has 4 aromatic rings. The van der Waals surface area contributed by atoms with Crippen LogP contribution in [0.2, 0.25) is 0 Å². The molecule has 31 heavy (non-hydrogen) atoms. The summed E-state index contributed by atoms with van der Waals surface area (Å²) in [7, 11) is 1.90. The van der Waals surface area contributed by atoms with E-state index in [0.29, 0.717) is 11.7 Å². The summed E-state index contributed by atoms with van der Waals surface area (Å²) in [6.45, 7) is 4.71. The van der Waals surface area contributed by atoms with Crippen LogP contribution in [0.25, 0.3) is 22.6 Å². The average Bonchev–Trinajstić information content (AvgIpc) is 3.37. The fourth-order valence-corrected chi connectivity index (χ4v) is 4.17. The number of para-hydroxylation sites is 1. The second kappa shape index (κ2) is 9.18. The smallest absolute Gasteiger partial charge is 0.234 e. The zero-order valence-corrected chi connectivity index (χ0v) is 18.6. The van der Waals surface area contributed by atoms with Gasteiger partial charge in [0.1, 0.15) is 5.69 Å². The summed E-state index contributed by atoms with van der Waals surface area (Å²) in [5.74, 6) is 0.930. The number of hydrogen-bond acceptors (Lipinski definition) is 5. The van der Waals surface area contributed by atoms with Crippen molar-refractivity contribution in [3.05, 3.63) is 66.4 Å². The van der Waals surface area contributed by atoms with Gasteiger partial charge in [-0.2, -0.15) is 5.10 Å². The number of nitrogens with zero attached hydrogens (tertiary/aromatic N) is 5. The molecule has 0 aliphatic rings. The molecule has 0 saturated heterocycles. The van der Waals surface area contributed by atoms with Crippen LogP contribution in [0.3, 0.4) is 0 Å². The number of benzene rings is 2. The van der Waals surface area contributed by atoms with Gasteiger partial charge in [0.25, 0.3) is 0 Å². The molecule has 1 amide bonds. The van der Waals surface area contributed by atoms with Crippen molar-refractivity contribution in [2.24, 2.45) is 7.05 Å². The van der Waals surface area contributed by atoms with Gasteiger partial charge in [-0.25, -0.2) is 0 Å². The lowest BCUT2D eigenvalue weighted by atomic mass is 10.1. The first-order chi connectivity index (χ1) is 15.1. The molecule has 0 fully saturated rings. The van der Waals surface area contributed by atoms with Crippen molar-refractivity contribution in [2.75, 3.05) is 11.1 Å². The Morgan fingerprint density at radius 2 is 1.81 bits per heavy atom. The lowest BCUT2D eigenvalue weighted by Crippen LogP contribution is -2.15. The topological polar surface area (TPSA) is 77.6 Å². The summed E-state index contributed by atoms with van der Waals surface area (Å²) in [6, 6.07) is 17.8. The number of carbonyl (C=O) groups excluding carboxylic acids is 1. The molecule has 0 aliphatic carbocycles. The minimum absolute atomic E-state index is 0.0714. The minimum atomic E-state index is -0.0714. The van der Waals surface area contributed by atoms with Crippen LogP contribution in [0.1, 0.15) is 12.5 Å². The van der Waals surface area contributed by atoms with E-state index in [1.807, 2.05) is 86.3 Å². The first kappa shape index (κ1) is 20.9. The van der Waals surface area contributed by atoms with Crippen LogP contribution in [-0.4, -0.2) is 36.2 Å². The number of anilines is 1. The summed E-state index contributed by atoms with van der Waals surface area (Å²) in [5.41, 5.74) is 4.66. The average molecular weight is 433 g/mol. The number of amides is 1. The molecule has 0 radical (unpaired) electrons. The van der Waals surface area contributed by atoms with E-state index in [9.17, 15) is 4.79 Å². The number of rotatable bonds is 7. The van der Waals surface area contributed by atoms with Crippen molar-refractivity contribution >= 4 is 23.4 Å². The number of carbonyl (C=O) groups is 1. The van der Waals surface area contributed by atoms with Crippen molar-refractivity contribution in [3.8, 4) is 22.6 Å². The maximum absolute atomic E-state index is 12.5. The second-order valence-electron chi connectivity index (χ2n) is 7.13. The minimum Gasteiger partial charge on any atom is -0.325 e. The van der Waals surface area contributed by atoms with E-state index in [-0.39, 0.29) is 11.7 Å². The van der Waals surface area contributed by atoms with Crippen LogP contribution in [0.15, 0.2) is 66.0 Å². The molecule has 0 unspecified atom stereocenters. The molecule has 2 aromatic heterocycles. The Bertz CT molecular complexity index is 1200. The van der Waals surface area contributed by atoms with E-state index in [4.69, 9.17) is 0 Å². The monoisotopic (exact) mass is 432 g/mol. The zero-order chi connectivity index (χ0) is 21.8. The van der Waals surface area contributed by atoms with Crippen molar-refractivity contribution in [1.82, 2.24) is 24.5 Å². The molecule has 0 spiro atoms. The molecule has 158 valence electrons. The van der Waals surface area contributed by atoms with Gasteiger partial charge in [-0.05, 0) is 25.5 Å². The summed E-state index contributed by atoms with van der Waals surface area (Å²) in [5, 5.41) is 17.1. The van der Waals surface area contributed by atoms with E-state index in [0.717, 1.165) is 33.9 Å². The number of nitrogens with one attached hydrogen (secondary N) is 1. The third-order valence-corrected chi connectivity index (χ3v) is 5.87. The summed E-state index contributed by atoms with van der Waals surface area (Å²) in [6.07, 6.45) is 1.96. The van der Waals surface area contributed by atoms with E-state index >= 15 is 0 Å². The Morgan fingerprint density at radius 1 is 1.06 bits per heavy atom. The largest absolute Gasteiger partial charge is 0.325 e. The quantitative estimate of drug-likeness (QED) is 0.438. The van der Waals surface area contributed by atoms with Crippen LogP contribution in [-0.2, 0) is 18.4 Å². The molecule has 0 aliphatic heterocycles. The predicted molar refractivity (Wildman–Crippen MR) is 124 cm³/mol. The third kappa shape index (κ3) is 4.54. The normalized spacial score (nSPS) is 10.9. The second-order valence-corrected chi connectivity index (χ2v) is 8.08. The molecule has 2 aromatic carbocycles. The van der Waals surface area contributed by atoms with Gasteiger partial charge in [0.2, 0.25) is 5.91 Å². The van der Waals surface area contributed by atoms with Crippen LogP contribution < -0.4 is 5.32 Å². The standard InChI is InChI=1S/C23H24N6OS/c1-4-29-22(18-14-28(3)27-21(18)17-11-6-5-7-12-17)25-26-23(29)31-15-20(30)24-19-13-9-8-10-16(19)2/h5-14H,4,15H2,1-3H3,(H,24,30). The molecule has 0 bridgehead atoms. The van der Waals surface area contributed by atoms with Gasteiger partial charge in [-0.15, -0.1) is 10.2 Å². The summed E-state index contributed by atoms with van der Waals surface area (Å²) in [4.78, 5) is 12.5. The van der Waals surface area contributed by atoms with E-state index in [2.05, 4.69) is 20.6 Å². The molecule has 1 N–H and O–H groups in total. The molecule has 4 rings (SSSR count). The molecule has 0 saturated carbocycles. The zero-order valence-electron chi connectivity index (χ0n) is 17.7. The molecular weight excluding hydrogens is 408 g/mol. The van der Waals surface area contributed by atoms with Crippen molar-refractivity contribution in [2.45, 2.75) is 25.5 Å². The van der Waals surface area contributed by atoms with Gasteiger partial charge in [-0.1, -0.05) is 60.3 Å². The van der Waals surface area contributed by atoms with Gasteiger partial charge in [0.05, 0.1) is 11.3 Å². The summed E-state index contributed by atoms with van der Waals surface area (Å²) < 4.78 is 3.81. The number of hydrogen-bond donors (Lipinski definition) is 1. The molecular formula is C23H24N6OS. The molecule has 8 heteroatoms. The summed E-state index contributed by atoms with van der Waals surface area (Å²) >= 11 is 1.38. The van der Waals surface area contributed by atoms with Gasteiger partial charge < -0.3 is 9.88 Å². The highest BCUT2D eigenvalue weighted by molar-refractivity contribution is 7.99. The molecule has 0 atom stereocenters. The highest BCUT2D eigenvalue weighted by atomic mass is 32.2. The SMILES string of the molecule is CCn1c(SCC(=O)Nc2ccccc2C)nnc1-c1cn(C)nc1-c1ccccc1. The van der Waals surface area contributed by atoms with Crippen LogP contribution in [0.4, 0.5) is 5.69 Å². The number of thioether (sulfide) groups is 1. The first-order valence-electron chi connectivity index (χ1n) is 10.1. The van der Waals surface area contributed by atoms with Crippen molar-refractivity contribution in [3.63, 3.8) is 0 Å². The van der Waals surface area contributed by atoms with Crippen LogP contribution >= 0.6 is 11.8 Å². The van der Waals surface area contributed by atoms with E-state index in [1.165, 1.54) is 11.8 Å². The lowest BCUT2D eigenvalue weighted by Gasteiger charge is -2.09. The van der Waals surface area contributed by atoms with Crippen LogP contribution in [0.5, 0.6) is 0 Å². The Hall–Kier alpha value is -3.39. The predicted octanol–water partition coefficient (Wildman–Crippen LogP) is 4.40. The Labute approximate surface area is 185 Å². The fraction of sp³-hybridized carbons (Fsp3) is 0.217. The van der Waals surface area contributed by atoms with Gasteiger partial charge in [-0.3, -0.25) is 9.48 Å². The maximum Gasteiger partial charge on any atom is 0.234 e. The van der Waals surface area contributed by atoms with E-state index in [1.54, 1.807) is 4.68 Å². The maximum atomic E-state index is 12.5. The number of aryl methyl sites for hydroxylation is 2. The fourth-order valence-electron chi connectivity index (χ4n) is 3.37. The van der Waals surface area contributed by atoms with E-state index < -0.39 is 0 Å². The highest BCUT2D eigenvalue weighted by Crippen LogP contribution is 2.31. The number of aromatic nitrogens is 5. The lowest BCUT2D eigenvalue weighted by molar-refractivity contribution is -0.113. The Balaban J connectivity index is 1.55. The third-order valence-electron chi connectivity index (χ3n) is 4.90. The first-order valence-corrected chi connectivity index (χ1v) is 11.1. The van der Waals surface area contributed by atoms with Gasteiger partial charge in [0, 0.05) is 31.0 Å². The van der Waals surface area contributed by atoms with Crippen molar-refractivity contribution < 1.29 is 4.79 Å². The highest BCUT2D eigenvalue weighted by Gasteiger charge is 2.20. The molecule has 2 heterocycles. The Kier molecular flexibility index (Phi) is 6.18. The van der Waals surface area contributed by atoms with Gasteiger partial charge >= 0.3 is 0 Å². The van der Waals surface area contributed by atoms with Crippen LogP contribution in [0, 0.1) is 6.92 Å². The molecule has 7 nitrogen and oxygen atoms in total. The Morgan fingerprint density at radius 3 is 2.55 bits per heavy atom.